The number of nitrogens with zero attached hydrogens (tertiary/aromatic N) is 2. The Morgan fingerprint density at radius 2 is 1.84 bits per heavy atom. The molecule has 4 nitrogen and oxygen atoms in total. The maximum absolute atomic E-state index is 11.8. The lowest BCUT2D eigenvalue weighted by Gasteiger charge is -2.35. The summed E-state index contributed by atoms with van der Waals surface area (Å²) in [6.07, 6.45) is 2.80. The van der Waals surface area contributed by atoms with Gasteiger partial charge in [0.05, 0.1) is 0 Å². The molecule has 0 spiro atoms. The van der Waals surface area contributed by atoms with Crippen LogP contribution in [0.25, 0.3) is 0 Å². The van der Waals surface area contributed by atoms with Crippen molar-refractivity contribution in [3.05, 3.63) is 22.7 Å². The summed E-state index contributed by atoms with van der Waals surface area (Å²) in [5.74, 6) is 0.694. The predicted octanol–water partition coefficient (Wildman–Crippen LogP) is 2.92. The SMILES string of the molecule is CC(C)(C)C[C@H](Cn1ccc(N)nc1=O)C(C)(C)C. The Kier molecular flexibility index (Phi) is 4.43. The summed E-state index contributed by atoms with van der Waals surface area (Å²) < 4.78 is 1.66. The number of nitrogens with two attached hydrogens (primary N) is 1. The van der Waals surface area contributed by atoms with Gasteiger partial charge in [-0.05, 0) is 29.2 Å². The first-order valence-electron chi connectivity index (χ1n) is 6.82. The topological polar surface area (TPSA) is 60.9 Å². The monoisotopic (exact) mass is 265 g/mol. The van der Waals surface area contributed by atoms with Crippen LogP contribution in [0.2, 0.25) is 0 Å². The van der Waals surface area contributed by atoms with Gasteiger partial charge in [0.15, 0.2) is 0 Å². The van der Waals surface area contributed by atoms with Gasteiger partial charge in [-0.2, -0.15) is 4.98 Å². The number of anilines is 1. The van der Waals surface area contributed by atoms with Crippen molar-refractivity contribution in [1.29, 1.82) is 0 Å². The van der Waals surface area contributed by atoms with Crippen LogP contribution in [0, 0.1) is 16.7 Å². The molecule has 0 unspecified atom stereocenters. The van der Waals surface area contributed by atoms with Crippen LogP contribution in [0.3, 0.4) is 0 Å². The Labute approximate surface area is 116 Å². The first-order chi connectivity index (χ1) is 8.49. The standard InChI is InChI=1S/C15H27N3O/c1-14(2,3)9-11(15(4,5)6)10-18-8-7-12(16)17-13(18)19/h7-8,11H,9-10H2,1-6H3,(H2,16,17,19)/t11-/m1/s1. The van der Waals surface area contributed by atoms with Gasteiger partial charge in [-0.25, -0.2) is 4.79 Å². The lowest BCUT2D eigenvalue weighted by molar-refractivity contribution is 0.143. The molecular formula is C15H27N3O. The van der Waals surface area contributed by atoms with E-state index in [0.717, 1.165) is 6.42 Å². The van der Waals surface area contributed by atoms with Crippen LogP contribution >= 0.6 is 0 Å². The summed E-state index contributed by atoms with van der Waals surface area (Å²) in [5, 5.41) is 0. The Morgan fingerprint density at radius 1 is 1.26 bits per heavy atom. The molecule has 1 heterocycles. The van der Waals surface area contributed by atoms with Gasteiger partial charge in [-0.3, -0.25) is 4.57 Å². The Hall–Kier alpha value is -1.32. The van der Waals surface area contributed by atoms with Crippen molar-refractivity contribution < 1.29 is 0 Å². The van der Waals surface area contributed by atoms with Crippen LogP contribution in [0.4, 0.5) is 5.82 Å². The molecule has 0 saturated heterocycles. The highest BCUT2D eigenvalue weighted by Gasteiger charge is 2.29. The molecule has 0 radical (unpaired) electrons. The van der Waals surface area contributed by atoms with Gasteiger partial charge in [-0.15, -0.1) is 0 Å². The summed E-state index contributed by atoms with van der Waals surface area (Å²) in [7, 11) is 0. The fourth-order valence-corrected chi connectivity index (χ4v) is 2.20. The summed E-state index contributed by atoms with van der Waals surface area (Å²) in [6.45, 7) is 14.0. The third kappa shape index (κ3) is 5.05. The molecule has 0 amide bonds. The highest BCUT2D eigenvalue weighted by molar-refractivity contribution is 5.23. The van der Waals surface area contributed by atoms with E-state index in [1.807, 2.05) is 0 Å². The minimum Gasteiger partial charge on any atom is -0.383 e. The third-order valence-corrected chi connectivity index (χ3v) is 3.40. The zero-order valence-electron chi connectivity index (χ0n) is 13.0. The predicted molar refractivity (Wildman–Crippen MR) is 79.9 cm³/mol. The van der Waals surface area contributed by atoms with Gasteiger partial charge < -0.3 is 5.73 Å². The molecule has 0 fully saturated rings. The summed E-state index contributed by atoms with van der Waals surface area (Å²) in [6, 6.07) is 1.68. The summed E-state index contributed by atoms with van der Waals surface area (Å²) >= 11 is 0. The maximum atomic E-state index is 11.8. The Morgan fingerprint density at radius 3 is 2.26 bits per heavy atom. The largest absolute Gasteiger partial charge is 0.383 e. The van der Waals surface area contributed by atoms with Gasteiger partial charge in [-0.1, -0.05) is 41.5 Å². The van der Waals surface area contributed by atoms with Crippen molar-refractivity contribution in [3.63, 3.8) is 0 Å². The first-order valence-corrected chi connectivity index (χ1v) is 6.82. The van der Waals surface area contributed by atoms with E-state index in [-0.39, 0.29) is 22.3 Å². The highest BCUT2D eigenvalue weighted by atomic mass is 16.1. The van der Waals surface area contributed by atoms with Crippen molar-refractivity contribution in [2.45, 2.75) is 54.5 Å². The van der Waals surface area contributed by atoms with E-state index in [2.05, 4.69) is 46.5 Å². The number of hydrogen-bond acceptors (Lipinski definition) is 3. The lowest BCUT2D eigenvalue weighted by atomic mass is 9.72. The molecule has 1 aromatic heterocycles. The van der Waals surface area contributed by atoms with E-state index in [4.69, 9.17) is 5.73 Å². The fraction of sp³-hybridized carbons (Fsp3) is 0.733. The smallest absolute Gasteiger partial charge is 0.349 e. The van der Waals surface area contributed by atoms with Crippen molar-refractivity contribution >= 4 is 5.82 Å². The van der Waals surface area contributed by atoms with E-state index >= 15 is 0 Å². The molecule has 0 aliphatic carbocycles. The van der Waals surface area contributed by atoms with E-state index < -0.39 is 0 Å². The molecule has 19 heavy (non-hydrogen) atoms. The molecule has 4 heteroatoms. The van der Waals surface area contributed by atoms with Crippen molar-refractivity contribution in [1.82, 2.24) is 9.55 Å². The van der Waals surface area contributed by atoms with Crippen molar-refractivity contribution in [2.24, 2.45) is 16.7 Å². The van der Waals surface area contributed by atoms with Crippen LogP contribution in [-0.2, 0) is 6.54 Å². The first kappa shape index (κ1) is 15.7. The second kappa shape index (κ2) is 5.35. The van der Waals surface area contributed by atoms with Crippen LogP contribution in [0.15, 0.2) is 17.1 Å². The molecule has 108 valence electrons. The number of rotatable bonds is 3. The molecule has 0 bridgehead atoms. The molecule has 1 rings (SSSR count). The zero-order chi connectivity index (χ0) is 14.8. The van der Waals surface area contributed by atoms with Gasteiger partial charge in [0.25, 0.3) is 0 Å². The molecule has 0 saturated carbocycles. The molecule has 1 atom stereocenters. The van der Waals surface area contributed by atoms with Gasteiger partial charge in [0, 0.05) is 12.7 Å². The van der Waals surface area contributed by atoms with Crippen LogP contribution < -0.4 is 11.4 Å². The second-order valence-electron chi connectivity index (χ2n) is 7.62. The fourth-order valence-electron chi connectivity index (χ4n) is 2.20. The molecular weight excluding hydrogens is 238 g/mol. The minimum absolute atomic E-state index is 0.147. The van der Waals surface area contributed by atoms with E-state index in [0.29, 0.717) is 12.5 Å². The quantitative estimate of drug-likeness (QED) is 0.914. The van der Waals surface area contributed by atoms with Gasteiger partial charge >= 0.3 is 5.69 Å². The molecule has 2 N–H and O–H groups in total. The number of nitrogen functional groups attached to an aromatic ring is 1. The summed E-state index contributed by atoms with van der Waals surface area (Å²) in [5.41, 5.74) is 5.65. The molecule has 0 aliphatic heterocycles. The Bertz CT molecular complexity index is 477. The zero-order valence-corrected chi connectivity index (χ0v) is 13.0. The van der Waals surface area contributed by atoms with Gasteiger partial charge in [0.2, 0.25) is 0 Å². The van der Waals surface area contributed by atoms with Crippen LogP contribution in [0.1, 0.15) is 48.0 Å². The molecule has 0 aromatic carbocycles. The average molecular weight is 265 g/mol. The Balaban J connectivity index is 2.98. The number of aromatic nitrogens is 2. The second-order valence-corrected chi connectivity index (χ2v) is 7.62. The van der Waals surface area contributed by atoms with Crippen LogP contribution in [-0.4, -0.2) is 9.55 Å². The average Bonchev–Trinajstić information content (AvgIpc) is 2.17. The highest BCUT2D eigenvalue weighted by Crippen LogP contribution is 2.36. The van der Waals surface area contributed by atoms with Crippen LogP contribution in [0.5, 0.6) is 0 Å². The molecule has 1 aromatic rings. The normalized spacial score (nSPS) is 14.4. The van der Waals surface area contributed by atoms with Crippen molar-refractivity contribution in [2.75, 3.05) is 5.73 Å². The van der Waals surface area contributed by atoms with E-state index in [1.165, 1.54) is 0 Å². The van der Waals surface area contributed by atoms with Gasteiger partial charge in [0.1, 0.15) is 5.82 Å². The van der Waals surface area contributed by atoms with Crippen molar-refractivity contribution in [3.8, 4) is 0 Å². The van der Waals surface area contributed by atoms with E-state index in [1.54, 1.807) is 16.8 Å². The lowest BCUT2D eigenvalue weighted by Crippen LogP contribution is -2.34. The summed E-state index contributed by atoms with van der Waals surface area (Å²) in [4.78, 5) is 15.6. The number of hydrogen-bond donors (Lipinski definition) is 1. The van der Waals surface area contributed by atoms with E-state index in [9.17, 15) is 4.79 Å². The molecule has 0 aliphatic rings. The third-order valence-electron chi connectivity index (χ3n) is 3.40. The minimum atomic E-state index is -0.261. The maximum Gasteiger partial charge on any atom is 0.349 e.